The van der Waals surface area contributed by atoms with Crippen molar-refractivity contribution in [1.29, 1.82) is 0 Å². The number of benzene rings is 1. The highest BCUT2D eigenvalue weighted by atomic mass is 16.5. The molecular weight excluding hydrogens is 392 g/mol. The molecule has 4 heterocycles. The smallest absolute Gasteiger partial charge is 0.278 e. The minimum atomic E-state index is 0.271. The number of hydrogen-bond acceptors (Lipinski definition) is 4. The molecule has 2 N–H and O–H groups in total. The summed E-state index contributed by atoms with van der Waals surface area (Å²) >= 11 is 0. The molecule has 0 spiro atoms. The number of pyridine rings is 1. The van der Waals surface area contributed by atoms with Crippen LogP contribution in [0.25, 0.3) is 0 Å². The van der Waals surface area contributed by atoms with Crippen LogP contribution in [0.5, 0.6) is 11.5 Å². The van der Waals surface area contributed by atoms with E-state index in [2.05, 4.69) is 28.1 Å². The molecule has 2 aromatic rings. The molecule has 7 nitrogen and oxygen atoms in total. The van der Waals surface area contributed by atoms with Gasteiger partial charge in [0, 0.05) is 30.9 Å². The van der Waals surface area contributed by atoms with Crippen molar-refractivity contribution >= 4 is 11.7 Å². The zero-order chi connectivity index (χ0) is 21.0. The summed E-state index contributed by atoms with van der Waals surface area (Å²) in [6.07, 6.45) is 5.12. The lowest BCUT2D eigenvalue weighted by atomic mass is 10.0. The van der Waals surface area contributed by atoms with Gasteiger partial charge in [-0.2, -0.15) is 0 Å². The van der Waals surface area contributed by atoms with Crippen LogP contribution in [0.1, 0.15) is 30.9 Å². The van der Waals surface area contributed by atoms with E-state index < -0.39 is 0 Å². The number of aromatic nitrogens is 1. The Kier molecular flexibility index (Phi) is 5.93. The third-order valence-electron chi connectivity index (χ3n) is 6.70. The predicted octanol–water partition coefficient (Wildman–Crippen LogP) is 0.731. The molecule has 1 aromatic heterocycles. The first-order valence-electron chi connectivity index (χ1n) is 11.5. The van der Waals surface area contributed by atoms with Crippen LogP contribution in [-0.4, -0.2) is 63.3 Å². The van der Waals surface area contributed by atoms with Gasteiger partial charge in [0.2, 0.25) is 0 Å². The Morgan fingerprint density at radius 1 is 1.03 bits per heavy atom. The monoisotopic (exact) mass is 424 g/mol. The minimum absolute atomic E-state index is 0.271. The lowest BCUT2D eigenvalue weighted by Gasteiger charge is -2.32. The third-order valence-corrected chi connectivity index (χ3v) is 6.70. The second-order valence-corrected chi connectivity index (χ2v) is 8.65. The second kappa shape index (κ2) is 9.14. The highest BCUT2D eigenvalue weighted by molar-refractivity contribution is 5.77. The van der Waals surface area contributed by atoms with Crippen molar-refractivity contribution in [3.05, 3.63) is 48.2 Å². The highest BCUT2D eigenvalue weighted by Gasteiger charge is 2.35. The molecule has 0 saturated carbocycles. The van der Waals surface area contributed by atoms with E-state index in [1.165, 1.54) is 10.5 Å². The molecule has 0 radical (unpaired) electrons. The highest BCUT2D eigenvalue weighted by Crippen LogP contribution is 2.33. The molecule has 2 atom stereocenters. The quantitative estimate of drug-likeness (QED) is 0.786. The molecule has 1 unspecified atom stereocenters. The van der Waals surface area contributed by atoms with Crippen molar-refractivity contribution in [3.8, 4) is 11.5 Å². The van der Waals surface area contributed by atoms with Gasteiger partial charge < -0.3 is 19.3 Å². The summed E-state index contributed by atoms with van der Waals surface area (Å²) in [6.45, 7) is 6.31. The van der Waals surface area contributed by atoms with Gasteiger partial charge in [0.1, 0.15) is 19.1 Å². The number of carbonyl (C=O) groups is 1. The average molecular weight is 425 g/mol. The molecule has 31 heavy (non-hydrogen) atoms. The Morgan fingerprint density at radius 3 is 2.68 bits per heavy atom. The first kappa shape index (κ1) is 20.1. The lowest BCUT2D eigenvalue weighted by molar-refractivity contribution is -0.910. The zero-order valence-electron chi connectivity index (χ0n) is 18.0. The van der Waals surface area contributed by atoms with Gasteiger partial charge in [0.05, 0.1) is 39.0 Å². The third kappa shape index (κ3) is 4.46. The first-order chi connectivity index (χ1) is 15.3. The summed E-state index contributed by atoms with van der Waals surface area (Å²) in [5.74, 6) is 3.08. The Bertz CT molecular complexity index is 899. The molecule has 5 rings (SSSR count). The maximum absolute atomic E-state index is 13.1. The summed E-state index contributed by atoms with van der Waals surface area (Å²) in [5.41, 5.74) is 1.26. The van der Waals surface area contributed by atoms with Crippen molar-refractivity contribution in [2.75, 3.05) is 57.4 Å². The molecule has 1 amide bonds. The summed E-state index contributed by atoms with van der Waals surface area (Å²) in [5, 5.41) is 0. The minimum Gasteiger partial charge on any atom is -0.490 e. The van der Waals surface area contributed by atoms with Gasteiger partial charge in [-0.25, -0.2) is 4.98 Å². The summed E-state index contributed by atoms with van der Waals surface area (Å²) < 4.78 is 11.7. The molecular formula is C24H32N4O3+2. The van der Waals surface area contributed by atoms with E-state index in [1.807, 2.05) is 29.3 Å². The second-order valence-electron chi connectivity index (χ2n) is 8.65. The SMILES string of the molecule is O=C(C[NH+]1CCC[C@@H]1c1ccc2c(c1)OCCCO2)N1CCN(c2cccc[nH+]2)CC1. The molecule has 2 fully saturated rings. The Morgan fingerprint density at radius 2 is 1.87 bits per heavy atom. The lowest BCUT2D eigenvalue weighted by Crippen LogP contribution is -3.11. The Balaban J connectivity index is 1.20. The van der Waals surface area contributed by atoms with Crippen molar-refractivity contribution in [2.45, 2.75) is 25.3 Å². The van der Waals surface area contributed by atoms with Gasteiger partial charge in [0.25, 0.3) is 11.7 Å². The number of quaternary nitrogens is 1. The number of rotatable bonds is 4. The fourth-order valence-electron chi connectivity index (χ4n) is 5.01. The van der Waals surface area contributed by atoms with Crippen LogP contribution in [0.15, 0.2) is 42.6 Å². The Hall–Kier alpha value is -2.80. The zero-order valence-corrected chi connectivity index (χ0v) is 18.0. The van der Waals surface area contributed by atoms with E-state index in [4.69, 9.17) is 9.47 Å². The van der Waals surface area contributed by atoms with Gasteiger partial charge >= 0.3 is 0 Å². The average Bonchev–Trinajstić information content (AvgIpc) is 3.15. The molecule has 7 heteroatoms. The molecule has 1 aromatic carbocycles. The number of hydrogen-bond donors (Lipinski definition) is 1. The molecule has 2 saturated heterocycles. The standard InChI is InChI=1S/C24H30N4O3/c29-24(27-13-11-26(12-14-27)23-6-1-2-9-25-23)18-28-10-3-5-20(28)19-7-8-21-22(17-19)31-16-4-15-30-21/h1-2,6-9,17,20H,3-5,10-16,18H2/p+2/t20-/m1/s1. The summed E-state index contributed by atoms with van der Waals surface area (Å²) in [6, 6.07) is 12.8. The number of aromatic amines is 1. The van der Waals surface area contributed by atoms with Gasteiger partial charge in [-0.1, -0.05) is 6.07 Å². The van der Waals surface area contributed by atoms with E-state index in [-0.39, 0.29) is 5.91 Å². The maximum Gasteiger partial charge on any atom is 0.278 e. The number of amides is 1. The summed E-state index contributed by atoms with van der Waals surface area (Å²) in [4.78, 5) is 22.1. The van der Waals surface area contributed by atoms with Crippen LogP contribution in [0.2, 0.25) is 0 Å². The van der Waals surface area contributed by atoms with Crippen molar-refractivity contribution in [2.24, 2.45) is 0 Å². The molecule has 164 valence electrons. The van der Waals surface area contributed by atoms with Gasteiger partial charge in [-0.3, -0.25) is 9.69 Å². The number of fused-ring (bicyclic) bond motifs is 1. The molecule has 3 aliphatic rings. The van der Waals surface area contributed by atoms with Crippen LogP contribution in [0.4, 0.5) is 5.82 Å². The number of carbonyl (C=O) groups excluding carboxylic acids is 1. The van der Waals surface area contributed by atoms with E-state index in [9.17, 15) is 4.79 Å². The van der Waals surface area contributed by atoms with Crippen LogP contribution in [0, 0.1) is 0 Å². The number of likely N-dealkylation sites (tertiary alicyclic amines) is 1. The van der Waals surface area contributed by atoms with Crippen molar-refractivity contribution in [1.82, 2.24) is 4.90 Å². The van der Waals surface area contributed by atoms with Gasteiger partial charge in [-0.15, -0.1) is 0 Å². The molecule has 0 bridgehead atoms. The number of H-pyrrole nitrogens is 1. The van der Waals surface area contributed by atoms with Crippen LogP contribution < -0.4 is 24.3 Å². The Labute approximate surface area is 183 Å². The van der Waals surface area contributed by atoms with Gasteiger partial charge in [-0.05, 0) is 24.3 Å². The fourth-order valence-corrected chi connectivity index (χ4v) is 5.01. The predicted molar refractivity (Wildman–Crippen MR) is 117 cm³/mol. The number of nitrogens with zero attached hydrogens (tertiary/aromatic N) is 2. The number of piperazine rings is 1. The van der Waals surface area contributed by atoms with Crippen LogP contribution in [0.3, 0.4) is 0 Å². The maximum atomic E-state index is 13.1. The number of ether oxygens (including phenoxy) is 2. The van der Waals surface area contributed by atoms with Crippen LogP contribution in [-0.2, 0) is 4.79 Å². The van der Waals surface area contributed by atoms with E-state index >= 15 is 0 Å². The van der Waals surface area contributed by atoms with Crippen molar-refractivity contribution in [3.63, 3.8) is 0 Å². The first-order valence-corrected chi connectivity index (χ1v) is 11.5. The summed E-state index contributed by atoms with van der Waals surface area (Å²) in [7, 11) is 0. The normalized spacial score (nSPS) is 23.5. The molecule has 3 aliphatic heterocycles. The van der Waals surface area contributed by atoms with E-state index in [1.54, 1.807) is 0 Å². The van der Waals surface area contributed by atoms with E-state index in [0.717, 1.165) is 69.3 Å². The number of anilines is 1. The van der Waals surface area contributed by atoms with E-state index in [0.29, 0.717) is 25.8 Å². The fraction of sp³-hybridized carbons (Fsp3) is 0.500. The van der Waals surface area contributed by atoms with Gasteiger partial charge in [0.15, 0.2) is 18.0 Å². The topological polar surface area (TPSA) is 60.6 Å². The van der Waals surface area contributed by atoms with Crippen molar-refractivity contribution < 1.29 is 24.2 Å². The van der Waals surface area contributed by atoms with Crippen LogP contribution >= 0.6 is 0 Å². The largest absolute Gasteiger partial charge is 0.490 e. The number of nitrogens with one attached hydrogen (secondary N) is 2. The molecule has 0 aliphatic carbocycles.